The first-order valence-corrected chi connectivity index (χ1v) is 14.4. The molecule has 0 atom stereocenters. The molecule has 0 bridgehead atoms. The molecule has 0 N–H and O–H groups in total. The average molecular weight is 565 g/mol. The third-order valence-corrected chi connectivity index (χ3v) is 7.58. The molecule has 6 heteroatoms. The zero-order valence-electron chi connectivity index (χ0n) is 23.5. The highest BCUT2D eigenvalue weighted by atomic mass is 15.1. The highest BCUT2D eigenvalue weighted by molar-refractivity contribution is 6.09. The lowest BCUT2D eigenvalue weighted by Crippen LogP contribution is -2.02. The smallest absolute Gasteiger partial charge is 0.182 e. The van der Waals surface area contributed by atoms with Crippen LogP contribution < -0.4 is 0 Å². The van der Waals surface area contributed by atoms with Crippen LogP contribution >= 0.6 is 0 Å². The highest BCUT2D eigenvalue weighted by Gasteiger charge is 2.17. The van der Waals surface area contributed by atoms with E-state index in [2.05, 4.69) is 65.6 Å². The summed E-state index contributed by atoms with van der Waals surface area (Å²) in [6.45, 7) is 0. The van der Waals surface area contributed by atoms with Gasteiger partial charge in [-0.15, -0.1) is 0 Å². The van der Waals surface area contributed by atoms with Crippen molar-refractivity contribution < 1.29 is 0 Å². The Morgan fingerprint density at radius 3 is 1.66 bits per heavy atom. The van der Waals surface area contributed by atoms with Gasteiger partial charge in [-0.2, -0.15) is 0 Å². The number of rotatable bonds is 5. The van der Waals surface area contributed by atoms with Crippen molar-refractivity contribution in [2.45, 2.75) is 0 Å². The number of pyridine rings is 3. The molecule has 0 aliphatic carbocycles. The summed E-state index contributed by atoms with van der Waals surface area (Å²) in [4.78, 5) is 29.4. The summed E-state index contributed by atoms with van der Waals surface area (Å²) >= 11 is 0. The first-order chi connectivity index (χ1) is 21.8. The predicted octanol–water partition coefficient (Wildman–Crippen LogP) is 8.70. The van der Waals surface area contributed by atoms with Gasteiger partial charge in [0.15, 0.2) is 17.5 Å². The van der Waals surface area contributed by atoms with Gasteiger partial charge in [0.05, 0.1) is 16.7 Å². The minimum Gasteiger partial charge on any atom is -0.253 e. The SMILES string of the molecule is c1ccc(-c2cc(-c3ccccc3)c3ccc4ccc(-c5nc(-c6ccccc6)nc(-c6ccccn6)n5)nc4c3n2)cc1. The number of nitrogens with zero attached hydrogens (tertiary/aromatic N) is 6. The van der Waals surface area contributed by atoms with Gasteiger partial charge in [-0.05, 0) is 35.4 Å². The number of hydrogen-bond acceptors (Lipinski definition) is 6. The zero-order valence-corrected chi connectivity index (χ0v) is 23.5. The molecule has 0 saturated heterocycles. The standard InChI is InChI=1S/C38H24N6/c1-4-12-25(13-5-1)30-24-33(26-14-6-2-7-15-26)41-35-29(30)21-19-27-20-22-32(40-34(27)35)38-43-36(28-16-8-3-9-17-28)42-37(44-38)31-18-10-11-23-39-31/h1-24H. The van der Waals surface area contributed by atoms with Crippen molar-refractivity contribution in [1.82, 2.24) is 29.9 Å². The van der Waals surface area contributed by atoms with E-state index in [-0.39, 0.29) is 0 Å². The van der Waals surface area contributed by atoms with Crippen LogP contribution in [0, 0.1) is 0 Å². The number of fused-ring (bicyclic) bond motifs is 3. The van der Waals surface area contributed by atoms with E-state index >= 15 is 0 Å². The van der Waals surface area contributed by atoms with Gasteiger partial charge in [-0.25, -0.2) is 24.9 Å². The lowest BCUT2D eigenvalue weighted by Gasteiger charge is -2.13. The molecule has 8 rings (SSSR count). The Morgan fingerprint density at radius 1 is 0.364 bits per heavy atom. The molecule has 4 aromatic carbocycles. The lowest BCUT2D eigenvalue weighted by molar-refractivity contribution is 1.05. The summed E-state index contributed by atoms with van der Waals surface area (Å²) in [7, 11) is 0. The van der Waals surface area contributed by atoms with Crippen molar-refractivity contribution in [3.8, 4) is 56.8 Å². The van der Waals surface area contributed by atoms with Crippen LogP contribution in [0.15, 0.2) is 146 Å². The summed E-state index contributed by atoms with van der Waals surface area (Å²) in [5.41, 5.74) is 7.97. The van der Waals surface area contributed by atoms with Crippen LogP contribution in [0.25, 0.3) is 78.6 Å². The van der Waals surface area contributed by atoms with Crippen molar-refractivity contribution in [1.29, 1.82) is 0 Å². The number of hydrogen-bond donors (Lipinski definition) is 0. The lowest BCUT2D eigenvalue weighted by atomic mass is 9.97. The Morgan fingerprint density at radius 2 is 0.955 bits per heavy atom. The maximum Gasteiger partial charge on any atom is 0.182 e. The van der Waals surface area contributed by atoms with Crippen LogP contribution in [0.5, 0.6) is 0 Å². The molecule has 0 unspecified atom stereocenters. The van der Waals surface area contributed by atoms with Crippen molar-refractivity contribution in [2.24, 2.45) is 0 Å². The van der Waals surface area contributed by atoms with Gasteiger partial charge < -0.3 is 0 Å². The van der Waals surface area contributed by atoms with E-state index in [0.29, 0.717) is 28.9 Å². The first kappa shape index (κ1) is 25.6. The van der Waals surface area contributed by atoms with E-state index in [1.165, 1.54) is 0 Å². The van der Waals surface area contributed by atoms with E-state index in [4.69, 9.17) is 24.9 Å². The Labute approximate surface area is 253 Å². The van der Waals surface area contributed by atoms with Gasteiger partial charge in [0.1, 0.15) is 11.4 Å². The third-order valence-electron chi connectivity index (χ3n) is 7.58. The number of benzene rings is 4. The third kappa shape index (κ3) is 4.74. The summed E-state index contributed by atoms with van der Waals surface area (Å²) in [5, 5.41) is 2.02. The fourth-order valence-electron chi connectivity index (χ4n) is 5.43. The average Bonchev–Trinajstić information content (AvgIpc) is 3.12. The van der Waals surface area contributed by atoms with Crippen molar-refractivity contribution in [2.75, 3.05) is 0 Å². The van der Waals surface area contributed by atoms with Crippen molar-refractivity contribution in [3.05, 3.63) is 146 Å². The van der Waals surface area contributed by atoms with Gasteiger partial charge in [0.25, 0.3) is 0 Å². The topological polar surface area (TPSA) is 77.3 Å². The molecule has 4 aromatic heterocycles. The summed E-state index contributed by atoms with van der Waals surface area (Å²) in [5.74, 6) is 1.53. The van der Waals surface area contributed by atoms with E-state index in [9.17, 15) is 0 Å². The van der Waals surface area contributed by atoms with Crippen molar-refractivity contribution >= 4 is 21.8 Å². The molecule has 0 aliphatic heterocycles. The van der Waals surface area contributed by atoms with Crippen LogP contribution in [0.2, 0.25) is 0 Å². The number of aromatic nitrogens is 6. The van der Waals surface area contributed by atoms with E-state index in [1.807, 2.05) is 78.9 Å². The predicted molar refractivity (Wildman–Crippen MR) is 175 cm³/mol. The second kappa shape index (κ2) is 10.9. The molecule has 206 valence electrons. The summed E-state index contributed by atoms with van der Waals surface area (Å²) in [6.07, 6.45) is 1.74. The van der Waals surface area contributed by atoms with Gasteiger partial charge in [0.2, 0.25) is 0 Å². The largest absolute Gasteiger partial charge is 0.253 e. The molecule has 4 heterocycles. The normalized spacial score (nSPS) is 11.2. The second-order valence-electron chi connectivity index (χ2n) is 10.4. The first-order valence-electron chi connectivity index (χ1n) is 14.4. The molecule has 8 aromatic rings. The van der Waals surface area contributed by atoms with Crippen LogP contribution in [0.4, 0.5) is 0 Å². The summed E-state index contributed by atoms with van der Waals surface area (Å²) < 4.78 is 0. The quantitative estimate of drug-likeness (QED) is 0.195. The minimum absolute atomic E-state index is 0.473. The van der Waals surface area contributed by atoms with Gasteiger partial charge in [-0.3, -0.25) is 4.98 Å². The molecule has 6 nitrogen and oxygen atoms in total. The van der Waals surface area contributed by atoms with E-state index < -0.39 is 0 Å². The van der Waals surface area contributed by atoms with E-state index in [0.717, 1.165) is 49.8 Å². The molecular formula is C38H24N6. The molecule has 0 aliphatic rings. The monoisotopic (exact) mass is 564 g/mol. The highest BCUT2D eigenvalue weighted by Crippen LogP contribution is 2.35. The molecular weight excluding hydrogens is 540 g/mol. The van der Waals surface area contributed by atoms with Crippen LogP contribution in [-0.4, -0.2) is 29.9 Å². The minimum atomic E-state index is 0.473. The Kier molecular flexibility index (Phi) is 6.35. The molecule has 0 saturated carbocycles. The Bertz CT molecular complexity index is 2200. The fourth-order valence-corrected chi connectivity index (χ4v) is 5.43. The molecule has 44 heavy (non-hydrogen) atoms. The fraction of sp³-hybridized carbons (Fsp3) is 0. The molecule has 0 spiro atoms. The molecule has 0 radical (unpaired) electrons. The van der Waals surface area contributed by atoms with Gasteiger partial charge >= 0.3 is 0 Å². The maximum atomic E-state index is 5.20. The summed E-state index contributed by atoms with van der Waals surface area (Å²) in [6, 6.07) is 46.7. The maximum absolute atomic E-state index is 5.20. The van der Waals surface area contributed by atoms with E-state index in [1.54, 1.807) is 6.20 Å². The Balaban J connectivity index is 1.38. The van der Waals surface area contributed by atoms with Crippen LogP contribution in [-0.2, 0) is 0 Å². The Hall–Kier alpha value is -6.14. The van der Waals surface area contributed by atoms with Crippen LogP contribution in [0.3, 0.4) is 0 Å². The molecule has 0 fully saturated rings. The van der Waals surface area contributed by atoms with Gasteiger partial charge in [0, 0.05) is 28.1 Å². The van der Waals surface area contributed by atoms with Gasteiger partial charge in [-0.1, -0.05) is 115 Å². The zero-order chi connectivity index (χ0) is 29.3. The molecule has 0 amide bonds. The second-order valence-corrected chi connectivity index (χ2v) is 10.4. The van der Waals surface area contributed by atoms with Crippen LogP contribution in [0.1, 0.15) is 0 Å². The van der Waals surface area contributed by atoms with Crippen molar-refractivity contribution in [3.63, 3.8) is 0 Å².